The zero-order valence-corrected chi connectivity index (χ0v) is 17.7. The number of methoxy groups -OCH3 is 1. The number of nitrogens with zero attached hydrogens (tertiary/aromatic N) is 4. The van der Waals surface area contributed by atoms with Crippen LogP contribution < -0.4 is 10.1 Å². The maximum absolute atomic E-state index is 12.9. The van der Waals surface area contributed by atoms with E-state index in [1.807, 2.05) is 17.0 Å². The van der Waals surface area contributed by atoms with E-state index in [0.717, 1.165) is 31.6 Å². The summed E-state index contributed by atoms with van der Waals surface area (Å²) in [6.45, 7) is 1.58. The van der Waals surface area contributed by atoms with E-state index in [1.165, 1.54) is 0 Å². The molecule has 1 N–H and O–H groups in total. The normalized spacial score (nSPS) is 12.9. The molecule has 0 aliphatic carbocycles. The van der Waals surface area contributed by atoms with Crippen LogP contribution >= 0.6 is 0 Å². The largest absolute Gasteiger partial charge is 0.497 e. The molecule has 8 nitrogen and oxygen atoms in total. The van der Waals surface area contributed by atoms with Gasteiger partial charge in [-0.15, -0.1) is 0 Å². The van der Waals surface area contributed by atoms with Gasteiger partial charge >= 0.3 is 0 Å². The summed E-state index contributed by atoms with van der Waals surface area (Å²) in [7, 11) is 1.59. The van der Waals surface area contributed by atoms with Crippen molar-refractivity contribution in [3.8, 4) is 17.5 Å². The van der Waals surface area contributed by atoms with E-state index in [2.05, 4.69) is 16.5 Å². The van der Waals surface area contributed by atoms with E-state index in [4.69, 9.17) is 10.00 Å². The highest BCUT2D eigenvalue weighted by Crippen LogP contribution is 2.19. The Balaban J connectivity index is 1.51. The van der Waals surface area contributed by atoms with Crippen molar-refractivity contribution < 1.29 is 14.3 Å². The van der Waals surface area contributed by atoms with Gasteiger partial charge in [0, 0.05) is 30.5 Å². The van der Waals surface area contributed by atoms with Crippen molar-refractivity contribution in [2.45, 2.75) is 19.3 Å². The lowest BCUT2D eigenvalue weighted by Gasteiger charge is -2.15. The first-order valence-corrected chi connectivity index (χ1v) is 10.4. The molecule has 1 fully saturated rings. The molecule has 2 heterocycles. The minimum atomic E-state index is -0.367. The Kier molecular flexibility index (Phi) is 6.17. The summed E-state index contributed by atoms with van der Waals surface area (Å²) in [6, 6.07) is 16.1. The molecule has 3 aromatic rings. The third-order valence-corrected chi connectivity index (χ3v) is 5.40. The number of nitrogens with one attached hydrogen (secondary N) is 1. The molecule has 0 unspecified atom stereocenters. The van der Waals surface area contributed by atoms with Gasteiger partial charge in [0.2, 0.25) is 0 Å². The number of hydrogen-bond acceptors (Lipinski definition) is 5. The molecular formula is C24H23N5O3. The average Bonchev–Trinajstić information content (AvgIpc) is 3.50. The van der Waals surface area contributed by atoms with Crippen LogP contribution in [0.2, 0.25) is 0 Å². The smallest absolute Gasteiger partial charge is 0.259 e. The predicted octanol–water partition coefficient (Wildman–Crippen LogP) is 3.44. The highest BCUT2D eigenvalue weighted by atomic mass is 16.5. The number of aromatic nitrogens is 2. The van der Waals surface area contributed by atoms with E-state index >= 15 is 0 Å². The zero-order valence-electron chi connectivity index (χ0n) is 17.7. The fourth-order valence-corrected chi connectivity index (χ4v) is 3.67. The van der Waals surface area contributed by atoms with Gasteiger partial charge in [-0.2, -0.15) is 10.4 Å². The molecule has 1 aliphatic rings. The van der Waals surface area contributed by atoms with Crippen LogP contribution in [0.5, 0.6) is 5.75 Å². The molecule has 8 heteroatoms. The van der Waals surface area contributed by atoms with E-state index in [-0.39, 0.29) is 18.2 Å². The molecule has 2 aromatic carbocycles. The second kappa shape index (κ2) is 9.35. The Labute approximate surface area is 186 Å². The third kappa shape index (κ3) is 4.47. The summed E-state index contributed by atoms with van der Waals surface area (Å²) < 4.78 is 6.74. The number of benzene rings is 2. The summed E-state index contributed by atoms with van der Waals surface area (Å²) in [4.78, 5) is 27.2. The summed E-state index contributed by atoms with van der Waals surface area (Å²) >= 11 is 0. The van der Waals surface area contributed by atoms with Gasteiger partial charge in [-0.1, -0.05) is 0 Å². The van der Waals surface area contributed by atoms with Crippen molar-refractivity contribution in [3.05, 3.63) is 71.5 Å². The Bertz CT molecular complexity index is 1150. The molecular weight excluding hydrogens is 406 g/mol. The summed E-state index contributed by atoms with van der Waals surface area (Å²) in [6.07, 6.45) is 3.69. The number of anilines is 1. The first-order chi connectivity index (χ1) is 15.6. The summed E-state index contributed by atoms with van der Waals surface area (Å²) in [5.74, 6) is 0.355. The first kappa shape index (κ1) is 21.1. The molecule has 32 heavy (non-hydrogen) atoms. The average molecular weight is 429 g/mol. The van der Waals surface area contributed by atoms with Gasteiger partial charge in [-0.25, -0.2) is 4.68 Å². The maximum Gasteiger partial charge on any atom is 0.259 e. The molecule has 0 saturated carbocycles. The number of rotatable bonds is 6. The van der Waals surface area contributed by atoms with Crippen molar-refractivity contribution in [2.24, 2.45) is 0 Å². The highest BCUT2D eigenvalue weighted by molar-refractivity contribution is 6.05. The first-order valence-electron chi connectivity index (χ1n) is 10.4. The van der Waals surface area contributed by atoms with Crippen molar-refractivity contribution in [3.63, 3.8) is 0 Å². The maximum atomic E-state index is 12.9. The van der Waals surface area contributed by atoms with Gasteiger partial charge in [0.05, 0.1) is 36.5 Å². The lowest BCUT2D eigenvalue weighted by Crippen LogP contribution is -2.27. The molecule has 1 saturated heterocycles. The summed E-state index contributed by atoms with van der Waals surface area (Å²) in [5, 5.41) is 16.4. The Morgan fingerprint density at radius 1 is 1.09 bits per heavy atom. The molecule has 0 atom stereocenters. The van der Waals surface area contributed by atoms with Gasteiger partial charge in [-0.3, -0.25) is 9.59 Å². The number of carbonyl (C=O) groups excluding carboxylic acids is 2. The number of likely N-dealkylation sites (tertiary alicyclic amines) is 1. The molecule has 0 spiro atoms. The quantitative estimate of drug-likeness (QED) is 0.647. The van der Waals surface area contributed by atoms with E-state index in [1.54, 1.807) is 54.4 Å². The topological polar surface area (TPSA) is 100 Å². The van der Waals surface area contributed by atoms with Crippen LogP contribution in [-0.2, 0) is 6.42 Å². The number of hydrogen-bond donors (Lipinski definition) is 1. The van der Waals surface area contributed by atoms with Crippen LogP contribution in [0.25, 0.3) is 5.69 Å². The van der Waals surface area contributed by atoms with Crippen molar-refractivity contribution >= 4 is 17.5 Å². The SMILES string of the molecule is COc1ccc(-n2cc(C(=O)Nc3ccc(C(=O)N4CCCC4)cc3)c(CC#N)n2)cc1. The minimum Gasteiger partial charge on any atom is -0.497 e. The second-order valence-electron chi connectivity index (χ2n) is 7.50. The van der Waals surface area contributed by atoms with Gasteiger partial charge in [-0.05, 0) is 61.4 Å². The van der Waals surface area contributed by atoms with Crippen LogP contribution in [0.3, 0.4) is 0 Å². The number of ether oxygens (including phenoxy) is 1. The van der Waals surface area contributed by atoms with E-state index in [0.29, 0.717) is 28.3 Å². The highest BCUT2D eigenvalue weighted by Gasteiger charge is 2.20. The number of nitriles is 1. The molecule has 0 bridgehead atoms. The fourth-order valence-electron chi connectivity index (χ4n) is 3.67. The van der Waals surface area contributed by atoms with Gasteiger partial charge in [0.1, 0.15) is 5.75 Å². The molecule has 0 radical (unpaired) electrons. The van der Waals surface area contributed by atoms with Crippen molar-refractivity contribution in [1.29, 1.82) is 5.26 Å². The second-order valence-corrected chi connectivity index (χ2v) is 7.50. The van der Waals surface area contributed by atoms with Crippen molar-refractivity contribution in [2.75, 3.05) is 25.5 Å². The summed E-state index contributed by atoms with van der Waals surface area (Å²) in [5.41, 5.74) is 2.62. The van der Waals surface area contributed by atoms with Crippen LogP contribution in [0.1, 0.15) is 39.3 Å². The third-order valence-electron chi connectivity index (χ3n) is 5.40. The van der Waals surface area contributed by atoms with Gasteiger partial charge in [0.25, 0.3) is 11.8 Å². The molecule has 1 aliphatic heterocycles. The molecule has 1 aromatic heterocycles. The monoisotopic (exact) mass is 429 g/mol. The zero-order chi connectivity index (χ0) is 22.5. The predicted molar refractivity (Wildman–Crippen MR) is 119 cm³/mol. The van der Waals surface area contributed by atoms with Crippen LogP contribution in [0.15, 0.2) is 54.7 Å². The Hall–Kier alpha value is -4.12. The fraction of sp³-hybridized carbons (Fsp3) is 0.250. The number of amides is 2. The Morgan fingerprint density at radius 2 is 1.78 bits per heavy atom. The van der Waals surface area contributed by atoms with Gasteiger partial charge < -0.3 is 15.0 Å². The van der Waals surface area contributed by atoms with Crippen LogP contribution in [-0.4, -0.2) is 46.7 Å². The Morgan fingerprint density at radius 3 is 2.41 bits per heavy atom. The molecule has 4 rings (SSSR count). The van der Waals surface area contributed by atoms with E-state index in [9.17, 15) is 9.59 Å². The lowest BCUT2D eigenvalue weighted by atomic mass is 10.1. The van der Waals surface area contributed by atoms with Gasteiger partial charge in [0.15, 0.2) is 0 Å². The lowest BCUT2D eigenvalue weighted by molar-refractivity contribution is 0.0792. The number of carbonyl (C=O) groups is 2. The minimum absolute atomic E-state index is 0.00911. The molecule has 2 amide bonds. The van der Waals surface area contributed by atoms with Crippen molar-refractivity contribution in [1.82, 2.24) is 14.7 Å². The van der Waals surface area contributed by atoms with E-state index < -0.39 is 0 Å². The van der Waals surface area contributed by atoms with Crippen LogP contribution in [0.4, 0.5) is 5.69 Å². The molecule has 162 valence electrons. The van der Waals surface area contributed by atoms with Crippen LogP contribution in [0, 0.1) is 11.3 Å². The standard InChI is InChI=1S/C24H23N5O3/c1-32-20-10-8-19(9-11-20)29-16-21(22(27-29)12-13-25)23(30)26-18-6-4-17(5-7-18)24(31)28-14-2-3-15-28/h4-11,16H,2-3,12,14-15H2,1H3,(H,26,30).